The molecule has 1 aliphatic rings. The number of carbonyl (C=O) groups excluding carboxylic acids is 1. The number of nitrogens with one attached hydrogen (secondary N) is 2. The largest absolute Gasteiger partial charge is 0.465 e. The highest BCUT2D eigenvalue weighted by molar-refractivity contribution is 7.93. The molecule has 1 unspecified atom stereocenters. The molecular weight excluding hydrogens is 483 g/mol. The van der Waals surface area contributed by atoms with Gasteiger partial charge < -0.3 is 15.2 Å². The summed E-state index contributed by atoms with van der Waals surface area (Å²) in [6, 6.07) is 1.76. The van der Waals surface area contributed by atoms with Crippen molar-refractivity contribution in [3.63, 3.8) is 0 Å². The van der Waals surface area contributed by atoms with Crippen molar-refractivity contribution in [3.8, 4) is 0 Å². The van der Waals surface area contributed by atoms with Crippen molar-refractivity contribution in [1.29, 1.82) is 0 Å². The minimum absolute atomic E-state index is 0.0212. The number of sulfonamides is 1. The summed E-state index contributed by atoms with van der Waals surface area (Å²) in [5, 5.41) is 14.2. The number of hydrogen-bond donors (Lipinski definition) is 3. The zero-order valence-corrected chi connectivity index (χ0v) is 19.6. The van der Waals surface area contributed by atoms with Gasteiger partial charge in [-0.05, 0) is 32.0 Å². The molecule has 32 heavy (non-hydrogen) atoms. The van der Waals surface area contributed by atoms with Crippen LogP contribution in [0.15, 0.2) is 28.6 Å². The second-order valence-corrected chi connectivity index (χ2v) is 10.3. The van der Waals surface area contributed by atoms with Crippen LogP contribution in [-0.4, -0.2) is 68.3 Å². The molecule has 1 saturated carbocycles. The molecule has 1 aliphatic carbocycles. The van der Waals surface area contributed by atoms with Crippen LogP contribution in [0, 0.1) is 5.82 Å². The quantitative estimate of drug-likeness (QED) is 0.420. The second-order valence-electron chi connectivity index (χ2n) is 7.39. The van der Waals surface area contributed by atoms with E-state index in [1.54, 1.807) is 5.38 Å². The van der Waals surface area contributed by atoms with Gasteiger partial charge in [-0.25, -0.2) is 17.8 Å². The predicted octanol–water partition coefficient (Wildman–Crippen LogP) is 2.54. The minimum atomic E-state index is -4.22. The van der Waals surface area contributed by atoms with E-state index in [1.165, 1.54) is 6.20 Å². The van der Waals surface area contributed by atoms with Gasteiger partial charge in [0.1, 0.15) is 16.8 Å². The molecular formula is C19H24ClFN4O5S2. The highest BCUT2D eigenvalue weighted by Crippen LogP contribution is 2.33. The molecule has 3 atom stereocenters. The summed E-state index contributed by atoms with van der Waals surface area (Å²) < 4.78 is 47.3. The molecule has 1 fully saturated rings. The van der Waals surface area contributed by atoms with Crippen LogP contribution in [0.25, 0.3) is 0 Å². The van der Waals surface area contributed by atoms with Crippen molar-refractivity contribution in [2.24, 2.45) is 0 Å². The van der Waals surface area contributed by atoms with E-state index < -0.39 is 20.7 Å². The molecule has 3 rings (SSSR count). The molecule has 2 aromatic rings. The molecule has 0 aliphatic heterocycles. The lowest BCUT2D eigenvalue weighted by Gasteiger charge is -2.41. The van der Waals surface area contributed by atoms with Crippen LogP contribution in [0.1, 0.15) is 19.3 Å². The molecule has 176 valence electrons. The molecule has 3 N–H and O–H groups in total. The Bertz CT molecular complexity index is 1020. The Kier molecular flexibility index (Phi) is 8.28. The highest BCUT2D eigenvalue weighted by Gasteiger charge is 2.34. The molecule has 1 aromatic heterocycles. The maximum atomic E-state index is 14.8. The van der Waals surface area contributed by atoms with Crippen molar-refractivity contribution in [2.75, 3.05) is 30.2 Å². The number of thiazole rings is 1. The van der Waals surface area contributed by atoms with Crippen LogP contribution in [-0.2, 0) is 19.6 Å². The Morgan fingerprint density at radius 3 is 2.88 bits per heavy atom. The number of aromatic nitrogens is 1. The molecule has 0 amide bonds. The summed E-state index contributed by atoms with van der Waals surface area (Å²) >= 11 is 7.38. The Morgan fingerprint density at radius 1 is 1.44 bits per heavy atom. The third-order valence-electron chi connectivity index (χ3n) is 5.34. The number of likely N-dealkylation sites (N-methyl/N-ethyl adjacent to an activating group) is 1. The Balaban J connectivity index is 1.84. The molecule has 13 heteroatoms. The van der Waals surface area contributed by atoms with E-state index in [0.717, 1.165) is 23.5 Å². The molecule has 1 heterocycles. The number of aliphatic hydroxyl groups excluding tert-OH is 1. The zero-order valence-electron chi connectivity index (χ0n) is 17.2. The van der Waals surface area contributed by atoms with Gasteiger partial charge in [0.15, 0.2) is 5.13 Å². The number of nitrogens with zero attached hydrogens (tertiary/aromatic N) is 2. The highest BCUT2D eigenvalue weighted by atomic mass is 35.5. The number of aliphatic hydroxyl groups is 1. The third kappa shape index (κ3) is 5.87. The molecule has 0 saturated heterocycles. The molecule has 0 spiro atoms. The number of carbonyl (C=O) groups is 1. The monoisotopic (exact) mass is 506 g/mol. The first-order valence-electron chi connectivity index (χ1n) is 9.83. The summed E-state index contributed by atoms with van der Waals surface area (Å²) in [6.45, 7) is 0.813. The van der Waals surface area contributed by atoms with Crippen molar-refractivity contribution in [3.05, 3.63) is 34.5 Å². The van der Waals surface area contributed by atoms with E-state index in [-0.39, 0.29) is 40.6 Å². The fraction of sp³-hybridized carbons (Fsp3) is 0.474. The van der Waals surface area contributed by atoms with E-state index in [0.29, 0.717) is 32.3 Å². The fourth-order valence-corrected chi connectivity index (χ4v) is 5.97. The van der Waals surface area contributed by atoms with Gasteiger partial charge in [0, 0.05) is 36.6 Å². The topological polar surface area (TPSA) is 121 Å². The molecule has 9 nitrogen and oxygen atoms in total. The van der Waals surface area contributed by atoms with Crippen molar-refractivity contribution >= 4 is 50.3 Å². The summed E-state index contributed by atoms with van der Waals surface area (Å²) in [5.41, 5.74) is 0.219. The average Bonchev–Trinajstić information content (AvgIpc) is 3.23. The summed E-state index contributed by atoms with van der Waals surface area (Å²) in [4.78, 5) is 16.0. The lowest BCUT2D eigenvalue weighted by Crippen LogP contribution is -2.51. The standard InChI is InChI=1S/C19H24ClFN4O5S2/c1-25(5-6-26)17-3-2-12(30-11-27)8-16(17)23-15-10-14(21)18(9-13(15)20)32(28,29)24-19-22-4-7-31-19/h4,7,9-12,16-17,23,26H,2-3,5-6,8H2,1H3,(H,22,24)/t12?,16-,17-/m0/s1. The van der Waals surface area contributed by atoms with Gasteiger partial charge in [0.25, 0.3) is 16.5 Å². The van der Waals surface area contributed by atoms with E-state index >= 15 is 0 Å². The van der Waals surface area contributed by atoms with E-state index in [2.05, 4.69) is 15.0 Å². The first kappa shape index (κ1) is 24.6. The number of hydrogen-bond acceptors (Lipinski definition) is 9. The summed E-state index contributed by atoms with van der Waals surface area (Å²) in [7, 11) is -2.36. The van der Waals surface area contributed by atoms with Gasteiger partial charge in [-0.3, -0.25) is 14.4 Å². The smallest absolute Gasteiger partial charge is 0.293 e. The van der Waals surface area contributed by atoms with Gasteiger partial charge in [0.05, 0.1) is 17.3 Å². The van der Waals surface area contributed by atoms with Gasteiger partial charge >= 0.3 is 0 Å². The predicted molar refractivity (Wildman–Crippen MR) is 120 cm³/mol. The van der Waals surface area contributed by atoms with Gasteiger partial charge in [-0.15, -0.1) is 11.3 Å². The van der Waals surface area contributed by atoms with Crippen LogP contribution in [0.3, 0.4) is 0 Å². The van der Waals surface area contributed by atoms with E-state index in [4.69, 9.17) is 16.3 Å². The molecule has 1 aromatic carbocycles. The van der Waals surface area contributed by atoms with Crippen molar-refractivity contribution < 1.29 is 27.4 Å². The Hall–Kier alpha value is -1.99. The van der Waals surface area contributed by atoms with E-state index in [1.807, 2.05) is 11.9 Å². The summed E-state index contributed by atoms with van der Waals surface area (Å²) in [5.74, 6) is -0.974. The van der Waals surface area contributed by atoms with Gasteiger partial charge in [-0.2, -0.15) is 0 Å². The SMILES string of the molecule is CN(CCO)[C@H]1CCC(OC=O)C[C@@H]1Nc1cc(F)c(S(=O)(=O)Nc2nccs2)cc1Cl. The van der Waals surface area contributed by atoms with Gasteiger partial charge in [0.2, 0.25) is 0 Å². The number of benzene rings is 1. The van der Waals surface area contributed by atoms with Crippen LogP contribution in [0.2, 0.25) is 5.02 Å². The lowest BCUT2D eigenvalue weighted by atomic mass is 9.87. The summed E-state index contributed by atoms with van der Waals surface area (Å²) in [6.07, 6.45) is 2.89. The maximum absolute atomic E-state index is 14.8. The number of anilines is 2. The Morgan fingerprint density at radius 2 is 2.22 bits per heavy atom. The van der Waals surface area contributed by atoms with Crippen LogP contribution < -0.4 is 10.0 Å². The van der Waals surface area contributed by atoms with Crippen molar-refractivity contribution in [1.82, 2.24) is 9.88 Å². The molecule has 0 bridgehead atoms. The molecule has 0 radical (unpaired) electrons. The van der Waals surface area contributed by atoms with Gasteiger partial charge in [-0.1, -0.05) is 11.6 Å². The van der Waals surface area contributed by atoms with E-state index in [9.17, 15) is 22.7 Å². The van der Waals surface area contributed by atoms with Crippen LogP contribution >= 0.6 is 22.9 Å². The average molecular weight is 507 g/mol. The number of halogens is 2. The Labute approximate surface area is 194 Å². The maximum Gasteiger partial charge on any atom is 0.293 e. The van der Waals surface area contributed by atoms with Crippen molar-refractivity contribution in [2.45, 2.75) is 42.3 Å². The third-order valence-corrected chi connectivity index (χ3v) is 7.82. The minimum Gasteiger partial charge on any atom is -0.465 e. The normalized spacial score (nSPS) is 21.3. The lowest BCUT2D eigenvalue weighted by molar-refractivity contribution is -0.135. The van der Waals surface area contributed by atoms with Crippen LogP contribution in [0.4, 0.5) is 15.2 Å². The number of rotatable bonds is 10. The second kappa shape index (κ2) is 10.8. The van der Waals surface area contributed by atoms with Crippen LogP contribution in [0.5, 0.6) is 0 Å². The number of ether oxygens (including phenoxy) is 1. The first-order valence-corrected chi connectivity index (χ1v) is 12.6. The fourth-order valence-electron chi connectivity index (χ4n) is 3.81. The first-order chi connectivity index (χ1) is 15.2. The zero-order chi connectivity index (χ0) is 23.3.